The topological polar surface area (TPSA) is 95.3 Å². The lowest BCUT2D eigenvalue weighted by atomic mass is 10.0. The smallest absolute Gasteiger partial charge is 0.227 e. The van der Waals surface area contributed by atoms with Crippen LogP contribution in [0.5, 0.6) is 0 Å². The fourth-order valence-corrected chi connectivity index (χ4v) is 3.57. The van der Waals surface area contributed by atoms with Gasteiger partial charge in [-0.3, -0.25) is 9.78 Å². The predicted octanol–water partition coefficient (Wildman–Crippen LogP) is 4.38. The summed E-state index contributed by atoms with van der Waals surface area (Å²) in [6, 6.07) is 21.4. The summed E-state index contributed by atoms with van der Waals surface area (Å²) < 4.78 is 0. The third kappa shape index (κ3) is 2.81. The third-order valence-electron chi connectivity index (χ3n) is 5.05. The van der Waals surface area contributed by atoms with Crippen LogP contribution >= 0.6 is 0 Å². The first-order valence-corrected chi connectivity index (χ1v) is 9.41. The summed E-state index contributed by atoms with van der Waals surface area (Å²) in [4.78, 5) is 29.8. The highest BCUT2D eigenvalue weighted by atomic mass is 16.1. The SMILES string of the molecule is Cc1[nH]c2nc(-c3ccccc3)c(-c3ccc4ncccc4c3)nc2c(=O)c1C#N. The first-order chi connectivity index (χ1) is 14.7. The molecule has 0 bridgehead atoms. The van der Waals surface area contributed by atoms with Crippen molar-refractivity contribution in [1.82, 2.24) is 19.9 Å². The van der Waals surface area contributed by atoms with Crippen molar-refractivity contribution in [3.05, 3.63) is 88.3 Å². The van der Waals surface area contributed by atoms with Crippen LogP contribution in [0.4, 0.5) is 0 Å². The van der Waals surface area contributed by atoms with E-state index in [9.17, 15) is 10.1 Å². The molecule has 3 heterocycles. The number of aromatic nitrogens is 4. The number of nitrogens with one attached hydrogen (secondary N) is 1. The number of aromatic amines is 1. The molecular weight excluding hydrogens is 374 g/mol. The van der Waals surface area contributed by atoms with Crippen LogP contribution in [0.1, 0.15) is 11.3 Å². The number of aryl methyl sites for hydroxylation is 1. The van der Waals surface area contributed by atoms with E-state index in [0.29, 0.717) is 22.7 Å². The van der Waals surface area contributed by atoms with Gasteiger partial charge in [0.25, 0.3) is 0 Å². The Hall–Kier alpha value is -4.37. The molecular formula is C24H15N5O. The summed E-state index contributed by atoms with van der Waals surface area (Å²) in [6.07, 6.45) is 1.75. The molecule has 0 aliphatic carbocycles. The predicted molar refractivity (Wildman–Crippen MR) is 116 cm³/mol. The van der Waals surface area contributed by atoms with Crippen molar-refractivity contribution >= 4 is 22.1 Å². The molecule has 1 N–H and O–H groups in total. The van der Waals surface area contributed by atoms with Gasteiger partial charge in [-0.2, -0.15) is 5.26 Å². The van der Waals surface area contributed by atoms with Crippen molar-refractivity contribution in [2.75, 3.05) is 0 Å². The van der Waals surface area contributed by atoms with E-state index in [1.165, 1.54) is 0 Å². The Morgan fingerprint density at radius 1 is 0.933 bits per heavy atom. The minimum Gasteiger partial charge on any atom is -0.341 e. The average molecular weight is 389 g/mol. The number of nitriles is 1. The van der Waals surface area contributed by atoms with E-state index in [2.05, 4.69) is 9.97 Å². The van der Waals surface area contributed by atoms with Gasteiger partial charge in [-0.15, -0.1) is 0 Å². The summed E-state index contributed by atoms with van der Waals surface area (Å²) in [7, 11) is 0. The van der Waals surface area contributed by atoms with Gasteiger partial charge in [0, 0.05) is 28.4 Å². The Balaban J connectivity index is 1.88. The first-order valence-electron chi connectivity index (χ1n) is 9.41. The molecule has 0 aliphatic rings. The zero-order chi connectivity index (χ0) is 20.7. The lowest BCUT2D eigenvalue weighted by Crippen LogP contribution is -2.14. The average Bonchev–Trinajstić information content (AvgIpc) is 2.79. The molecule has 0 saturated carbocycles. The van der Waals surface area contributed by atoms with E-state index in [0.717, 1.165) is 22.0 Å². The molecule has 6 heteroatoms. The van der Waals surface area contributed by atoms with E-state index in [1.54, 1.807) is 13.1 Å². The first kappa shape index (κ1) is 17.7. The monoisotopic (exact) mass is 389 g/mol. The molecule has 0 unspecified atom stereocenters. The van der Waals surface area contributed by atoms with Crippen LogP contribution in [-0.2, 0) is 0 Å². The Labute approximate surface area is 171 Å². The maximum absolute atomic E-state index is 12.9. The van der Waals surface area contributed by atoms with Gasteiger partial charge in [-0.1, -0.05) is 42.5 Å². The molecule has 0 aliphatic heterocycles. The Bertz CT molecular complexity index is 1530. The Morgan fingerprint density at radius 2 is 1.73 bits per heavy atom. The third-order valence-corrected chi connectivity index (χ3v) is 5.05. The number of rotatable bonds is 2. The summed E-state index contributed by atoms with van der Waals surface area (Å²) in [6.45, 7) is 1.69. The van der Waals surface area contributed by atoms with Crippen molar-refractivity contribution in [3.8, 4) is 28.6 Å². The van der Waals surface area contributed by atoms with Gasteiger partial charge in [-0.05, 0) is 25.1 Å². The van der Waals surface area contributed by atoms with Gasteiger partial charge < -0.3 is 4.98 Å². The highest BCUT2D eigenvalue weighted by molar-refractivity contribution is 5.89. The van der Waals surface area contributed by atoms with E-state index >= 15 is 0 Å². The molecule has 0 fully saturated rings. The van der Waals surface area contributed by atoms with Crippen LogP contribution in [0.15, 0.2) is 71.7 Å². The number of hydrogen-bond donors (Lipinski definition) is 1. The molecule has 0 amide bonds. The second-order valence-corrected chi connectivity index (χ2v) is 6.96. The molecule has 0 saturated heterocycles. The van der Waals surface area contributed by atoms with Crippen LogP contribution in [0.25, 0.3) is 44.6 Å². The second kappa shape index (κ2) is 6.90. The van der Waals surface area contributed by atoms with Gasteiger partial charge in [0.2, 0.25) is 5.43 Å². The van der Waals surface area contributed by atoms with Crippen molar-refractivity contribution < 1.29 is 0 Å². The summed E-state index contributed by atoms with van der Waals surface area (Å²) in [5, 5.41) is 10.3. The lowest BCUT2D eigenvalue weighted by molar-refractivity contribution is 1.15. The van der Waals surface area contributed by atoms with Crippen LogP contribution in [-0.4, -0.2) is 19.9 Å². The number of pyridine rings is 2. The van der Waals surface area contributed by atoms with Crippen molar-refractivity contribution in [3.63, 3.8) is 0 Å². The summed E-state index contributed by atoms with van der Waals surface area (Å²) >= 11 is 0. The summed E-state index contributed by atoms with van der Waals surface area (Å²) in [5.41, 5.74) is 4.45. The minimum atomic E-state index is -0.417. The number of fused-ring (bicyclic) bond motifs is 2. The highest BCUT2D eigenvalue weighted by Crippen LogP contribution is 2.31. The van der Waals surface area contributed by atoms with Gasteiger partial charge in [0.1, 0.15) is 11.6 Å². The normalized spacial score (nSPS) is 10.9. The van der Waals surface area contributed by atoms with Crippen LogP contribution in [0, 0.1) is 18.3 Å². The zero-order valence-corrected chi connectivity index (χ0v) is 16.0. The largest absolute Gasteiger partial charge is 0.341 e. The molecule has 6 nitrogen and oxygen atoms in total. The van der Waals surface area contributed by atoms with E-state index in [4.69, 9.17) is 9.97 Å². The molecule has 142 valence electrons. The highest BCUT2D eigenvalue weighted by Gasteiger charge is 2.18. The van der Waals surface area contributed by atoms with E-state index in [-0.39, 0.29) is 11.1 Å². The van der Waals surface area contributed by atoms with Crippen molar-refractivity contribution in [2.45, 2.75) is 6.92 Å². The maximum atomic E-state index is 12.9. The van der Waals surface area contributed by atoms with Crippen LogP contribution in [0.3, 0.4) is 0 Å². The molecule has 3 aromatic heterocycles. The van der Waals surface area contributed by atoms with Crippen LogP contribution < -0.4 is 5.43 Å². The molecule has 0 atom stereocenters. The fraction of sp³-hybridized carbons (Fsp3) is 0.0417. The Morgan fingerprint density at radius 3 is 2.53 bits per heavy atom. The number of benzene rings is 2. The fourth-order valence-electron chi connectivity index (χ4n) is 3.57. The quantitative estimate of drug-likeness (QED) is 0.483. The zero-order valence-electron chi connectivity index (χ0n) is 16.0. The molecule has 0 radical (unpaired) electrons. The van der Waals surface area contributed by atoms with Crippen LogP contribution in [0.2, 0.25) is 0 Å². The van der Waals surface area contributed by atoms with E-state index in [1.807, 2.05) is 66.7 Å². The lowest BCUT2D eigenvalue weighted by Gasteiger charge is -2.11. The van der Waals surface area contributed by atoms with Gasteiger partial charge >= 0.3 is 0 Å². The van der Waals surface area contributed by atoms with Crippen molar-refractivity contribution in [1.29, 1.82) is 5.26 Å². The molecule has 5 rings (SSSR count). The van der Waals surface area contributed by atoms with Gasteiger partial charge in [-0.25, -0.2) is 9.97 Å². The Kier molecular flexibility index (Phi) is 4.08. The maximum Gasteiger partial charge on any atom is 0.227 e. The molecule has 2 aromatic carbocycles. The van der Waals surface area contributed by atoms with Gasteiger partial charge in [0.15, 0.2) is 11.2 Å². The standard InChI is InChI=1S/C24H15N5O/c1-14-18(13-25)23(30)22-24(27-14)29-20(15-6-3-2-4-7-15)21(28-22)17-9-10-19-16(12-17)8-5-11-26-19/h2-12H,1H3,(H,27,29,30). The molecule has 0 spiro atoms. The second-order valence-electron chi connectivity index (χ2n) is 6.96. The number of H-pyrrole nitrogens is 1. The minimum absolute atomic E-state index is 0.0536. The van der Waals surface area contributed by atoms with E-state index < -0.39 is 5.43 Å². The number of nitrogens with zero attached hydrogens (tertiary/aromatic N) is 4. The summed E-state index contributed by atoms with van der Waals surface area (Å²) in [5.74, 6) is 0. The van der Waals surface area contributed by atoms with Crippen molar-refractivity contribution in [2.24, 2.45) is 0 Å². The van der Waals surface area contributed by atoms with Gasteiger partial charge in [0.05, 0.1) is 16.9 Å². The molecule has 30 heavy (non-hydrogen) atoms. The number of hydrogen-bond acceptors (Lipinski definition) is 5. The molecule has 5 aromatic rings.